The summed E-state index contributed by atoms with van der Waals surface area (Å²) in [6, 6.07) is 23.7. The molecule has 5 rings (SSSR count). The highest BCUT2D eigenvalue weighted by Gasteiger charge is 2.17. The first-order chi connectivity index (χ1) is 16.7. The number of anilines is 2. The van der Waals surface area contributed by atoms with Gasteiger partial charge in [-0.3, -0.25) is 4.98 Å². The van der Waals surface area contributed by atoms with Crippen LogP contribution in [0.1, 0.15) is 12.0 Å². The first-order valence-electron chi connectivity index (χ1n) is 11.0. The molecule has 0 radical (unpaired) electrons. The first kappa shape index (κ1) is 21.3. The summed E-state index contributed by atoms with van der Waals surface area (Å²) < 4.78 is 11.2. The van der Waals surface area contributed by atoms with E-state index in [0.29, 0.717) is 19.4 Å². The summed E-state index contributed by atoms with van der Waals surface area (Å²) in [5.41, 5.74) is 3.20. The van der Waals surface area contributed by atoms with Gasteiger partial charge in [0, 0.05) is 22.5 Å². The van der Waals surface area contributed by atoms with Gasteiger partial charge in [-0.1, -0.05) is 48.5 Å². The molecule has 34 heavy (non-hydrogen) atoms. The molecule has 3 aromatic carbocycles. The van der Waals surface area contributed by atoms with Gasteiger partial charge in [0.15, 0.2) is 0 Å². The quantitative estimate of drug-likeness (QED) is 0.183. The maximum atomic E-state index is 11.3. The normalized spacial score (nSPS) is 10.9. The summed E-state index contributed by atoms with van der Waals surface area (Å²) in [6.45, 7) is 0.487. The van der Waals surface area contributed by atoms with E-state index in [9.17, 15) is 9.90 Å². The van der Waals surface area contributed by atoms with Crippen molar-refractivity contribution in [3.05, 3.63) is 90.8 Å². The zero-order valence-electron chi connectivity index (χ0n) is 18.3. The molecular formula is C27H23N3O4. The molecule has 0 unspecified atom stereocenters. The lowest BCUT2D eigenvalue weighted by Crippen LogP contribution is -2.06. The van der Waals surface area contributed by atoms with E-state index in [1.165, 1.54) is 0 Å². The second kappa shape index (κ2) is 9.54. The molecular weight excluding hydrogens is 430 g/mol. The Balaban J connectivity index is 1.37. The molecule has 0 atom stereocenters. The molecule has 0 bridgehead atoms. The molecule has 0 fully saturated rings. The Morgan fingerprint density at radius 2 is 1.79 bits per heavy atom. The van der Waals surface area contributed by atoms with E-state index in [1.807, 2.05) is 60.7 Å². The van der Waals surface area contributed by atoms with E-state index in [0.717, 1.165) is 44.4 Å². The maximum Gasteiger partial charge on any atom is 0.512 e. The van der Waals surface area contributed by atoms with Crippen molar-refractivity contribution in [3.8, 4) is 11.6 Å². The number of pyridine rings is 1. The third-order valence-corrected chi connectivity index (χ3v) is 5.61. The average molecular weight is 453 g/mol. The summed E-state index contributed by atoms with van der Waals surface area (Å²) in [5, 5.41) is 15.7. The number of nitrogens with zero attached hydrogens (tertiary/aromatic N) is 1. The molecule has 0 spiro atoms. The second-order valence-corrected chi connectivity index (χ2v) is 7.82. The number of ether oxygens (including phenoxy) is 2. The molecule has 7 nitrogen and oxygen atoms in total. The van der Waals surface area contributed by atoms with Crippen LogP contribution in [0.3, 0.4) is 0 Å². The highest BCUT2D eigenvalue weighted by molar-refractivity contribution is 5.97. The van der Waals surface area contributed by atoms with Gasteiger partial charge in [0.25, 0.3) is 0 Å². The Kier molecular flexibility index (Phi) is 5.99. The van der Waals surface area contributed by atoms with Crippen molar-refractivity contribution in [2.75, 3.05) is 11.9 Å². The standard InChI is InChI=1S/C27H23N3O4/c31-27(32)34-26-22(12-6-16-33-24-14-3-8-18-7-1-2-10-20(18)24)21-11-4-13-23(25(21)30-26)29-19-9-5-15-28-17-19/h1-5,7-11,13-15,17,29-30H,6,12,16H2,(H,31,32). The number of aryl methyl sites for hydroxylation is 1. The van der Waals surface area contributed by atoms with Crippen molar-refractivity contribution in [1.82, 2.24) is 9.97 Å². The topological polar surface area (TPSA) is 96.5 Å². The number of benzene rings is 3. The van der Waals surface area contributed by atoms with E-state index < -0.39 is 6.16 Å². The molecule has 3 N–H and O–H groups in total. The largest absolute Gasteiger partial charge is 0.512 e. The van der Waals surface area contributed by atoms with Crippen molar-refractivity contribution in [2.45, 2.75) is 12.8 Å². The summed E-state index contributed by atoms with van der Waals surface area (Å²) in [6.07, 6.45) is 3.34. The fourth-order valence-corrected chi connectivity index (χ4v) is 4.12. The van der Waals surface area contributed by atoms with Gasteiger partial charge in [-0.25, -0.2) is 4.79 Å². The third kappa shape index (κ3) is 4.49. The van der Waals surface area contributed by atoms with Crippen LogP contribution < -0.4 is 14.8 Å². The number of aromatic amines is 1. The average Bonchev–Trinajstić information content (AvgIpc) is 3.20. The minimum atomic E-state index is -1.36. The van der Waals surface area contributed by atoms with Gasteiger partial charge >= 0.3 is 6.16 Å². The molecule has 0 amide bonds. The number of para-hydroxylation sites is 1. The van der Waals surface area contributed by atoms with E-state index in [2.05, 4.69) is 27.4 Å². The molecule has 5 aromatic rings. The fraction of sp³-hybridized carbons (Fsp3) is 0.111. The lowest BCUT2D eigenvalue weighted by Gasteiger charge is -2.10. The zero-order valence-corrected chi connectivity index (χ0v) is 18.3. The predicted molar refractivity (Wildman–Crippen MR) is 132 cm³/mol. The number of hydrogen-bond acceptors (Lipinski definition) is 5. The number of carboxylic acid groups (broad SMARTS) is 1. The molecule has 0 aliphatic heterocycles. The van der Waals surface area contributed by atoms with Crippen LogP contribution in [-0.2, 0) is 6.42 Å². The maximum absolute atomic E-state index is 11.3. The van der Waals surface area contributed by atoms with Crippen LogP contribution >= 0.6 is 0 Å². The number of H-pyrrole nitrogens is 1. The number of hydrogen-bond donors (Lipinski definition) is 3. The van der Waals surface area contributed by atoms with Crippen molar-refractivity contribution in [3.63, 3.8) is 0 Å². The molecule has 0 saturated carbocycles. The number of nitrogens with one attached hydrogen (secondary N) is 2. The van der Waals surface area contributed by atoms with Gasteiger partial charge in [0.1, 0.15) is 5.75 Å². The van der Waals surface area contributed by atoms with Crippen molar-refractivity contribution in [2.24, 2.45) is 0 Å². The summed E-state index contributed by atoms with van der Waals surface area (Å²) in [4.78, 5) is 18.6. The molecule has 0 aliphatic rings. The van der Waals surface area contributed by atoms with Crippen molar-refractivity contribution < 1.29 is 19.4 Å². The summed E-state index contributed by atoms with van der Waals surface area (Å²) in [5.74, 6) is 1.06. The van der Waals surface area contributed by atoms with Gasteiger partial charge in [0.05, 0.1) is 29.7 Å². The van der Waals surface area contributed by atoms with E-state index in [4.69, 9.17) is 9.47 Å². The SMILES string of the molecule is O=C(O)Oc1[nH]c2c(Nc3cccnc3)cccc2c1CCCOc1cccc2ccccc12. The lowest BCUT2D eigenvalue weighted by molar-refractivity contribution is 0.142. The van der Waals surface area contributed by atoms with Crippen molar-refractivity contribution >= 4 is 39.2 Å². The number of aromatic nitrogens is 2. The Bertz CT molecular complexity index is 1440. The predicted octanol–water partition coefficient (Wildman–Crippen LogP) is 6.53. The molecule has 7 heteroatoms. The van der Waals surface area contributed by atoms with Gasteiger partial charge in [-0.2, -0.15) is 0 Å². The molecule has 0 aliphatic carbocycles. The number of fused-ring (bicyclic) bond motifs is 2. The fourth-order valence-electron chi connectivity index (χ4n) is 4.12. The Morgan fingerprint density at radius 1 is 0.971 bits per heavy atom. The first-order valence-corrected chi connectivity index (χ1v) is 11.0. The molecule has 2 heterocycles. The van der Waals surface area contributed by atoms with Gasteiger partial charge < -0.3 is 24.9 Å². The number of rotatable bonds is 8. The zero-order chi connectivity index (χ0) is 23.3. The van der Waals surface area contributed by atoms with Crippen LogP contribution in [-0.4, -0.2) is 27.8 Å². The van der Waals surface area contributed by atoms with Crippen molar-refractivity contribution in [1.29, 1.82) is 0 Å². The minimum absolute atomic E-state index is 0.230. The summed E-state index contributed by atoms with van der Waals surface area (Å²) in [7, 11) is 0. The van der Waals surface area contributed by atoms with Crippen LogP contribution in [0.15, 0.2) is 85.2 Å². The van der Waals surface area contributed by atoms with Gasteiger partial charge in [-0.05, 0) is 42.5 Å². The molecule has 2 aromatic heterocycles. The van der Waals surface area contributed by atoms with Crippen LogP contribution in [0.4, 0.5) is 16.2 Å². The van der Waals surface area contributed by atoms with Gasteiger partial charge in [-0.15, -0.1) is 0 Å². The molecule has 170 valence electrons. The van der Waals surface area contributed by atoms with Gasteiger partial charge in [0.2, 0.25) is 5.88 Å². The third-order valence-electron chi connectivity index (χ3n) is 5.61. The monoisotopic (exact) mass is 453 g/mol. The Hall–Kier alpha value is -4.52. The van der Waals surface area contributed by atoms with Crippen LogP contribution in [0.5, 0.6) is 11.6 Å². The van der Waals surface area contributed by atoms with Crippen LogP contribution in [0, 0.1) is 0 Å². The molecule has 0 saturated heterocycles. The number of carbonyl (C=O) groups is 1. The highest BCUT2D eigenvalue weighted by Crippen LogP contribution is 2.35. The van der Waals surface area contributed by atoms with Crippen LogP contribution in [0.2, 0.25) is 0 Å². The minimum Gasteiger partial charge on any atom is -0.493 e. The van der Waals surface area contributed by atoms with Crippen LogP contribution in [0.25, 0.3) is 21.7 Å². The Labute approximate surface area is 196 Å². The van der Waals surface area contributed by atoms with E-state index in [1.54, 1.807) is 12.4 Å². The highest BCUT2D eigenvalue weighted by atomic mass is 16.7. The summed E-state index contributed by atoms with van der Waals surface area (Å²) >= 11 is 0. The van der Waals surface area contributed by atoms with E-state index >= 15 is 0 Å². The second-order valence-electron chi connectivity index (χ2n) is 7.82. The van der Waals surface area contributed by atoms with E-state index in [-0.39, 0.29) is 5.88 Å². The smallest absolute Gasteiger partial charge is 0.493 e. The lowest BCUT2D eigenvalue weighted by atomic mass is 10.1. The Morgan fingerprint density at radius 3 is 2.65 bits per heavy atom.